The molecule has 2 aromatic rings. The molecule has 0 N–H and O–H groups in total. The number of aryl methyl sites for hydroxylation is 1. The summed E-state index contributed by atoms with van der Waals surface area (Å²) in [6.07, 6.45) is 2.49. The first kappa shape index (κ1) is 19.0. The number of nitrogens with zero attached hydrogens (tertiary/aromatic N) is 4. The number of aromatic nitrogens is 1. The Labute approximate surface area is 163 Å². The standard InChI is InChI=1S/C20H21ClN4O2/c1-3-14-4-5-16(11-18(14)21)24-6-8-25(9-7-24)19-13-23-15(12-22)10-17(19)20(26)27-2/h4-5,10-11,13H,3,6-9H2,1-2H3. The molecule has 0 amide bonds. The second kappa shape index (κ2) is 8.28. The third kappa shape index (κ3) is 3.99. The molecule has 0 radical (unpaired) electrons. The molecular weight excluding hydrogens is 364 g/mol. The third-order valence-electron chi connectivity index (χ3n) is 4.81. The van der Waals surface area contributed by atoms with Crippen LogP contribution in [0.15, 0.2) is 30.5 Å². The van der Waals surface area contributed by atoms with Crippen molar-refractivity contribution in [2.75, 3.05) is 43.1 Å². The molecule has 1 aliphatic heterocycles. The third-order valence-corrected chi connectivity index (χ3v) is 5.16. The summed E-state index contributed by atoms with van der Waals surface area (Å²) in [6.45, 7) is 5.13. The predicted octanol–water partition coefficient (Wildman–Crippen LogP) is 3.28. The fraction of sp³-hybridized carbons (Fsp3) is 0.350. The van der Waals surface area contributed by atoms with Crippen LogP contribution in [0.4, 0.5) is 11.4 Å². The number of hydrogen-bond acceptors (Lipinski definition) is 6. The largest absolute Gasteiger partial charge is 0.465 e. The second-order valence-electron chi connectivity index (χ2n) is 6.29. The molecule has 7 heteroatoms. The van der Waals surface area contributed by atoms with Gasteiger partial charge in [-0.2, -0.15) is 5.26 Å². The maximum atomic E-state index is 12.1. The maximum Gasteiger partial charge on any atom is 0.340 e. The molecule has 6 nitrogen and oxygen atoms in total. The Morgan fingerprint density at radius 1 is 1.26 bits per heavy atom. The number of carbonyl (C=O) groups excluding carboxylic acids is 1. The number of esters is 1. The number of nitriles is 1. The topological polar surface area (TPSA) is 69.5 Å². The molecule has 1 aromatic carbocycles. The number of pyridine rings is 1. The van der Waals surface area contributed by atoms with E-state index in [-0.39, 0.29) is 5.69 Å². The van der Waals surface area contributed by atoms with Crippen LogP contribution in [-0.4, -0.2) is 44.2 Å². The number of ether oxygens (including phenoxy) is 1. The summed E-state index contributed by atoms with van der Waals surface area (Å²) in [5.74, 6) is -0.465. The van der Waals surface area contributed by atoms with Gasteiger partial charge in [-0.3, -0.25) is 0 Å². The molecule has 0 unspecified atom stereocenters. The zero-order chi connectivity index (χ0) is 19.4. The molecular formula is C20H21ClN4O2. The average molecular weight is 385 g/mol. The lowest BCUT2D eigenvalue weighted by Crippen LogP contribution is -2.47. The molecule has 0 saturated carbocycles. The van der Waals surface area contributed by atoms with Crippen LogP contribution in [0.1, 0.15) is 28.5 Å². The Bertz CT molecular complexity index is 886. The predicted molar refractivity (Wildman–Crippen MR) is 106 cm³/mol. The minimum atomic E-state index is -0.465. The van der Waals surface area contributed by atoms with Crippen LogP contribution < -0.4 is 9.80 Å². The number of carbonyl (C=O) groups is 1. The molecule has 27 heavy (non-hydrogen) atoms. The zero-order valence-corrected chi connectivity index (χ0v) is 16.2. The Morgan fingerprint density at radius 2 is 1.96 bits per heavy atom. The van der Waals surface area contributed by atoms with E-state index in [1.807, 2.05) is 12.1 Å². The van der Waals surface area contributed by atoms with Crippen molar-refractivity contribution < 1.29 is 9.53 Å². The molecule has 0 bridgehead atoms. The molecule has 0 atom stereocenters. The van der Waals surface area contributed by atoms with Gasteiger partial charge in [0.05, 0.1) is 24.6 Å². The van der Waals surface area contributed by atoms with Gasteiger partial charge in [-0.25, -0.2) is 9.78 Å². The summed E-state index contributed by atoms with van der Waals surface area (Å²) in [7, 11) is 1.33. The number of benzene rings is 1. The van der Waals surface area contributed by atoms with E-state index >= 15 is 0 Å². The van der Waals surface area contributed by atoms with E-state index in [1.165, 1.54) is 13.2 Å². The smallest absolute Gasteiger partial charge is 0.340 e. The van der Waals surface area contributed by atoms with Crippen molar-refractivity contribution in [1.82, 2.24) is 4.98 Å². The Hall–Kier alpha value is -2.78. The lowest BCUT2D eigenvalue weighted by molar-refractivity contribution is 0.0601. The summed E-state index contributed by atoms with van der Waals surface area (Å²) in [4.78, 5) is 20.6. The lowest BCUT2D eigenvalue weighted by atomic mass is 10.1. The molecule has 0 aliphatic carbocycles. The number of methoxy groups -OCH3 is 1. The highest BCUT2D eigenvalue weighted by Gasteiger charge is 2.23. The van der Waals surface area contributed by atoms with Gasteiger partial charge in [0.2, 0.25) is 0 Å². The molecule has 1 fully saturated rings. The van der Waals surface area contributed by atoms with Gasteiger partial charge in [0, 0.05) is 36.9 Å². The normalized spacial score (nSPS) is 14.0. The highest BCUT2D eigenvalue weighted by Crippen LogP contribution is 2.27. The first-order chi connectivity index (χ1) is 13.1. The fourth-order valence-electron chi connectivity index (χ4n) is 3.26. The van der Waals surface area contributed by atoms with E-state index in [0.717, 1.165) is 48.9 Å². The van der Waals surface area contributed by atoms with Gasteiger partial charge in [0.25, 0.3) is 0 Å². The van der Waals surface area contributed by atoms with Crippen LogP contribution in [0, 0.1) is 11.3 Å². The zero-order valence-electron chi connectivity index (χ0n) is 15.4. The van der Waals surface area contributed by atoms with Gasteiger partial charge < -0.3 is 14.5 Å². The number of piperazine rings is 1. The van der Waals surface area contributed by atoms with E-state index in [1.54, 1.807) is 6.20 Å². The summed E-state index contributed by atoms with van der Waals surface area (Å²) in [5, 5.41) is 9.84. The van der Waals surface area contributed by atoms with Gasteiger partial charge in [0.1, 0.15) is 11.8 Å². The van der Waals surface area contributed by atoms with Crippen molar-refractivity contribution in [3.63, 3.8) is 0 Å². The van der Waals surface area contributed by atoms with E-state index in [2.05, 4.69) is 33.8 Å². The van der Waals surface area contributed by atoms with Gasteiger partial charge in [0.15, 0.2) is 0 Å². The first-order valence-electron chi connectivity index (χ1n) is 8.84. The van der Waals surface area contributed by atoms with Crippen molar-refractivity contribution in [1.29, 1.82) is 5.26 Å². The van der Waals surface area contributed by atoms with Gasteiger partial charge >= 0.3 is 5.97 Å². The van der Waals surface area contributed by atoms with Crippen molar-refractivity contribution >= 4 is 28.9 Å². The quantitative estimate of drug-likeness (QED) is 0.753. The molecule has 1 aromatic heterocycles. The Kier molecular flexibility index (Phi) is 5.82. The Morgan fingerprint density at radius 3 is 2.56 bits per heavy atom. The molecule has 3 rings (SSSR count). The van der Waals surface area contributed by atoms with Crippen molar-refractivity contribution in [3.8, 4) is 6.07 Å². The molecule has 1 saturated heterocycles. The monoisotopic (exact) mass is 384 g/mol. The number of halogens is 1. The summed E-state index contributed by atoms with van der Waals surface area (Å²) in [6, 6.07) is 9.63. The van der Waals surface area contributed by atoms with Gasteiger partial charge in [-0.15, -0.1) is 0 Å². The van der Waals surface area contributed by atoms with Crippen LogP contribution in [0.2, 0.25) is 5.02 Å². The van der Waals surface area contributed by atoms with E-state index in [4.69, 9.17) is 21.6 Å². The van der Waals surface area contributed by atoms with Gasteiger partial charge in [-0.1, -0.05) is 24.6 Å². The van der Waals surface area contributed by atoms with Crippen LogP contribution in [-0.2, 0) is 11.2 Å². The van der Waals surface area contributed by atoms with E-state index in [9.17, 15) is 4.79 Å². The lowest BCUT2D eigenvalue weighted by Gasteiger charge is -2.37. The number of rotatable bonds is 4. The van der Waals surface area contributed by atoms with Crippen LogP contribution in [0.5, 0.6) is 0 Å². The summed E-state index contributed by atoms with van der Waals surface area (Å²) >= 11 is 6.35. The highest BCUT2D eigenvalue weighted by atomic mass is 35.5. The van der Waals surface area contributed by atoms with Crippen molar-refractivity contribution in [2.45, 2.75) is 13.3 Å². The second-order valence-corrected chi connectivity index (χ2v) is 6.70. The SMILES string of the molecule is CCc1ccc(N2CCN(c3cnc(C#N)cc3C(=O)OC)CC2)cc1Cl. The average Bonchev–Trinajstić information content (AvgIpc) is 2.72. The van der Waals surface area contributed by atoms with Crippen LogP contribution in [0.25, 0.3) is 0 Å². The van der Waals surface area contributed by atoms with Crippen molar-refractivity contribution in [3.05, 3.63) is 52.3 Å². The van der Waals surface area contributed by atoms with Crippen molar-refractivity contribution in [2.24, 2.45) is 0 Å². The van der Waals surface area contributed by atoms with Gasteiger partial charge in [-0.05, 0) is 30.2 Å². The number of hydrogen-bond donors (Lipinski definition) is 0. The minimum Gasteiger partial charge on any atom is -0.465 e. The molecule has 140 valence electrons. The summed E-state index contributed by atoms with van der Waals surface area (Å²) < 4.78 is 4.86. The number of anilines is 2. The maximum absolute atomic E-state index is 12.1. The van der Waals surface area contributed by atoms with E-state index < -0.39 is 5.97 Å². The summed E-state index contributed by atoms with van der Waals surface area (Å²) in [5.41, 5.74) is 3.50. The van der Waals surface area contributed by atoms with Crippen LogP contribution >= 0.6 is 11.6 Å². The van der Waals surface area contributed by atoms with E-state index in [0.29, 0.717) is 11.3 Å². The first-order valence-corrected chi connectivity index (χ1v) is 9.22. The molecule has 1 aliphatic rings. The molecule has 2 heterocycles. The molecule has 0 spiro atoms. The fourth-order valence-corrected chi connectivity index (χ4v) is 3.57. The Balaban J connectivity index is 1.77. The highest BCUT2D eigenvalue weighted by molar-refractivity contribution is 6.31. The minimum absolute atomic E-state index is 0.198. The van der Waals surface area contributed by atoms with Crippen LogP contribution in [0.3, 0.4) is 0 Å².